The van der Waals surface area contributed by atoms with Gasteiger partial charge in [0.15, 0.2) is 0 Å². The van der Waals surface area contributed by atoms with Gasteiger partial charge in [-0.15, -0.1) is 0 Å². The van der Waals surface area contributed by atoms with Gasteiger partial charge in [0.1, 0.15) is 0 Å². The highest BCUT2D eigenvalue weighted by molar-refractivity contribution is 5.99. The second kappa shape index (κ2) is 4.65. The Labute approximate surface area is 84.4 Å². The molecule has 0 bridgehead atoms. The molecule has 1 aromatic rings. The van der Waals surface area contributed by atoms with Gasteiger partial charge in [-0.2, -0.15) is 0 Å². The second-order valence-electron chi connectivity index (χ2n) is 3.16. The molecule has 1 aromatic carbocycles. The minimum Gasteiger partial charge on any atom is -0.411 e. The van der Waals surface area contributed by atoms with Gasteiger partial charge >= 0.3 is 0 Å². The Bertz CT molecular complexity index is 345. The largest absolute Gasteiger partial charge is 0.411 e. The molecule has 3 heteroatoms. The lowest BCUT2D eigenvalue weighted by atomic mass is 10.0. The van der Waals surface area contributed by atoms with E-state index in [4.69, 9.17) is 5.21 Å². The lowest BCUT2D eigenvalue weighted by molar-refractivity contribution is 0.319. The van der Waals surface area contributed by atoms with Gasteiger partial charge in [-0.3, -0.25) is 0 Å². The molecule has 0 amide bonds. The average Bonchev–Trinajstić information content (AvgIpc) is 2.27. The predicted octanol–water partition coefficient (Wildman–Crippen LogP) is 2.49. The van der Waals surface area contributed by atoms with Gasteiger partial charge in [0.05, 0.1) is 5.71 Å². The van der Waals surface area contributed by atoms with Crippen LogP contribution in [0.3, 0.4) is 0 Å². The van der Waals surface area contributed by atoms with Crippen LogP contribution in [0.15, 0.2) is 23.4 Å². The molecule has 3 nitrogen and oxygen atoms in total. The predicted molar refractivity (Wildman–Crippen MR) is 59.4 cm³/mol. The molecule has 0 fully saturated rings. The van der Waals surface area contributed by atoms with Crippen LogP contribution >= 0.6 is 0 Å². The van der Waals surface area contributed by atoms with Gasteiger partial charge in [-0.1, -0.05) is 18.1 Å². The van der Waals surface area contributed by atoms with Crippen LogP contribution in [-0.4, -0.2) is 18.0 Å². The number of rotatable bonds is 3. The van der Waals surface area contributed by atoms with Crippen molar-refractivity contribution in [3.63, 3.8) is 0 Å². The number of hydrogen-bond donors (Lipinski definition) is 2. The number of aryl methyl sites for hydroxylation is 1. The van der Waals surface area contributed by atoms with Crippen LogP contribution in [0.1, 0.15) is 25.0 Å². The van der Waals surface area contributed by atoms with E-state index in [1.807, 2.05) is 19.2 Å². The Balaban J connectivity index is 3.18. The van der Waals surface area contributed by atoms with Crippen molar-refractivity contribution >= 4 is 11.4 Å². The molecule has 1 rings (SSSR count). The molecule has 0 unspecified atom stereocenters. The van der Waals surface area contributed by atoms with Gasteiger partial charge in [0.2, 0.25) is 0 Å². The molecule has 0 aliphatic rings. The molecule has 0 atom stereocenters. The smallest absolute Gasteiger partial charge is 0.0839 e. The maximum atomic E-state index is 8.71. The lowest BCUT2D eigenvalue weighted by Gasteiger charge is -2.08. The highest BCUT2D eigenvalue weighted by Crippen LogP contribution is 2.17. The maximum absolute atomic E-state index is 8.71. The molecule has 2 N–H and O–H groups in total. The van der Waals surface area contributed by atoms with Crippen molar-refractivity contribution < 1.29 is 5.21 Å². The lowest BCUT2D eigenvalue weighted by Crippen LogP contribution is -2.01. The van der Waals surface area contributed by atoms with Crippen molar-refractivity contribution in [2.24, 2.45) is 5.16 Å². The Morgan fingerprint density at radius 3 is 2.71 bits per heavy atom. The van der Waals surface area contributed by atoms with Gasteiger partial charge in [0.25, 0.3) is 0 Å². The first-order chi connectivity index (χ1) is 6.72. The van der Waals surface area contributed by atoms with Gasteiger partial charge in [-0.05, 0) is 31.0 Å². The van der Waals surface area contributed by atoms with Gasteiger partial charge in [-0.25, -0.2) is 0 Å². The third kappa shape index (κ3) is 2.05. The summed E-state index contributed by atoms with van der Waals surface area (Å²) in [4.78, 5) is 0. The Morgan fingerprint density at radius 2 is 2.21 bits per heavy atom. The summed E-state index contributed by atoms with van der Waals surface area (Å²) in [6, 6.07) is 6.02. The van der Waals surface area contributed by atoms with Crippen LogP contribution in [0.2, 0.25) is 0 Å². The third-order valence-corrected chi connectivity index (χ3v) is 2.31. The van der Waals surface area contributed by atoms with E-state index in [1.165, 1.54) is 5.56 Å². The molecule has 14 heavy (non-hydrogen) atoms. The van der Waals surface area contributed by atoms with Crippen LogP contribution < -0.4 is 5.32 Å². The molecule has 0 saturated heterocycles. The van der Waals surface area contributed by atoms with Gasteiger partial charge in [0, 0.05) is 18.3 Å². The Kier molecular flexibility index (Phi) is 3.51. The standard InChI is InChI=1S/C11H16N2O/c1-4-9-7-10(12-3)5-6-11(9)8(2)13-14/h5-7,12,14H,4H2,1-3H3/b13-8+. The quantitative estimate of drug-likeness (QED) is 0.439. The number of anilines is 1. The maximum Gasteiger partial charge on any atom is 0.0839 e. The Morgan fingerprint density at radius 1 is 1.50 bits per heavy atom. The fourth-order valence-corrected chi connectivity index (χ4v) is 1.45. The van der Waals surface area contributed by atoms with E-state index in [0.717, 1.165) is 17.7 Å². The van der Waals surface area contributed by atoms with Crippen molar-refractivity contribution in [2.75, 3.05) is 12.4 Å². The monoisotopic (exact) mass is 192 g/mol. The van der Waals surface area contributed by atoms with E-state index in [2.05, 4.69) is 23.5 Å². The zero-order chi connectivity index (χ0) is 10.6. The first kappa shape index (κ1) is 10.6. The van der Waals surface area contributed by atoms with Crippen molar-refractivity contribution in [1.29, 1.82) is 0 Å². The zero-order valence-electron chi connectivity index (χ0n) is 8.83. The highest BCUT2D eigenvalue weighted by Gasteiger charge is 2.04. The summed E-state index contributed by atoms with van der Waals surface area (Å²) in [7, 11) is 1.89. The van der Waals surface area contributed by atoms with E-state index < -0.39 is 0 Å². The molecule has 0 heterocycles. The number of oxime groups is 1. The molecule has 76 valence electrons. The summed E-state index contributed by atoms with van der Waals surface area (Å²) < 4.78 is 0. The van der Waals surface area contributed by atoms with Crippen molar-refractivity contribution in [2.45, 2.75) is 20.3 Å². The summed E-state index contributed by atoms with van der Waals surface area (Å²) in [5, 5.41) is 15.0. The zero-order valence-corrected chi connectivity index (χ0v) is 8.83. The summed E-state index contributed by atoms with van der Waals surface area (Å²) in [6.45, 7) is 3.89. The van der Waals surface area contributed by atoms with Gasteiger partial charge < -0.3 is 10.5 Å². The number of nitrogens with one attached hydrogen (secondary N) is 1. The summed E-state index contributed by atoms with van der Waals surface area (Å²) >= 11 is 0. The fourth-order valence-electron chi connectivity index (χ4n) is 1.45. The minimum atomic E-state index is 0.657. The summed E-state index contributed by atoms with van der Waals surface area (Å²) in [5.74, 6) is 0. The van der Waals surface area contributed by atoms with Crippen molar-refractivity contribution in [3.05, 3.63) is 29.3 Å². The molecule has 0 radical (unpaired) electrons. The van der Waals surface area contributed by atoms with E-state index in [-0.39, 0.29) is 0 Å². The number of benzene rings is 1. The minimum absolute atomic E-state index is 0.657. The topological polar surface area (TPSA) is 44.6 Å². The molecule has 0 aliphatic carbocycles. The van der Waals surface area contributed by atoms with E-state index >= 15 is 0 Å². The molecular weight excluding hydrogens is 176 g/mol. The normalized spacial score (nSPS) is 11.5. The first-order valence-corrected chi connectivity index (χ1v) is 4.72. The van der Waals surface area contributed by atoms with E-state index in [9.17, 15) is 0 Å². The van der Waals surface area contributed by atoms with Crippen LogP contribution in [-0.2, 0) is 6.42 Å². The fraction of sp³-hybridized carbons (Fsp3) is 0.364. The SMILES string of the molecule is CCc1cc(NC)ccc1/C(C)=N/O. The van der Waals surface area contributed by atoms with E-state index in [1.54, 1.807) is 6.92 Å². The van der Waals surface area contributed by atoms with E-state index in [0.29, 0.717) is 5.71 Å². The number of nitrogens with zero attached hydrogens (tertiary/aromatic N) is 1. The average molecular weight is 192 g/mol. The molecule has 0 aliphatic heterocycles. The molecular formula is C11H16N2O. The van der Waals surface area contributed by atoms with Crippen LogP contribution in [0.25, 0.3) is 0 Å². The third-order valence-electron chi connectivity index (χ3n) is 2.31. The molecule has 0 saturated carbocycles. The van der Waals surface area contributed by atoms with Crippen LogP contribution in [0.5, 0.6) is 0 Å². The summed E-state index contributed by atoms with van der Waals surface area (Å²) in [5.41, 5.74) is 3.93. The van der Waals surface area contributed by atoms with Crippen molar-refractivity contribution in [3.8, 4) is 0 Å². The van der Waals surface area contributed by atoms with Crippen LogP contribution in [0, 0.1) is 0 Å². The molecule has 0 spiro atoms. The highest BCUT2D eigenvalue weighted by atomic mass is 16.4. The molecule has 0 aromatic heterocycles. The first-order valence-electron chi connectivity index (χ1n) is 4.72. The second-order valence-corrected chi connectivity index (χ2v) is 3.16. The van der Waals surface area contributed by atoms with Crippen LogP contribution in [0.4, 0.5) is 5.69 Å². The summed E-state index contributed by atoms with van der Waals surface area (Å²) in [6.07, 6.45) is 0.928. The Hall–Kier alpha value is -1.51. The number of hydrogen-bond acceptors (Lipinski definition) is 3. The van der Waals surface area contributed by atoms with Crippen molar-refractivity contribution in [1.82, 2.24) is 0 Å².